The molecule has 10 nitrogen and oxygen atoms in total. The van der Waals surface area contributed by atoms with E-state index in [4.69, 9.17) is 14.0 Å². The van der Waals surface area contributed by atoms with Crippen LogP contribution in [-0.4, -0.2) is 53.1 Å². The number of carbonyl (C=O) groups excluding carboxylic acids is 2. The van der Waals surface area contributed by atoms with Gasteiger partial charge in [0.25, 0.3) is 5.89 Å². The summed E-state index contributed by atoms with van der Waals surface area (Å²) in [5.41, 5.74) is 1.89. The fourth-order valence-corrected chi connectivity index (χ4v) is 3.40. The first-order valence-corrected chi connectivity index (χ1v) is 10.0. The van der Waals surface area contributed by atoms with Gasteiger partial charge in [0.2, 0.25) is 24.4 Å². The van der Waals surface area contributed by atoms with Gasteiger partial charge in [-0.05, 0) is 30.3 Å². The SMILES string of the molecule is CN(C(=O)CN1N=C(c2nc(-c3ccc4c(c3)OCO4)no2)CCC1=O)c1ccccc1. The molecule has 32 heavy (non-hydrogen) atoms. The Kier molecular flexibility index (Phi) is 5.02. The van der Waals surface area contributed by atoms with E-state index in [1.807, 2.05) is 30.3 Å². The highest BCUT2D eigenvalue weighted by Crippen LogP contribution is 2.35. The molecule has 0 spiro atoms. The minimum Gasteiger partial charge on any atom is -0.454 e. The van der Waals surface area contributed by atoms with Crippen molar-refractivity contribution in [1.82, 2.24) is 15.1 Å². The van der Waals surface area contributed by atoms with E-state index in [1.54, 1.807) is 25.2 Å². The van der Waals surface area contributed by atoms with Crippen molar-refractivity contribution < 1.29 is 23.6 Å². The molecule has 2 aliphatic rings. The van der Waals surface area contributed by atoms with Gasteiger partial charge in [-0.15, -0.1) is 0 Å². The third kappa shape index (κ3) is 3.78. The zero-order valence-corrected chi connectivity index (χ0v) is 17.2. The van der Waals surface area contributed by atoms with Crippen molar-refractivity contribution in [3.63, 3.8) is 0 Å². The highest BCUT2D eigenvalue weighted by molar-refractivity contribution is 6.03. The summed E-state index contributed by atoms with van der Waals surface area (Å²) in [4.78, 5) is 30.9. The topological polar surface area (TPSA) is 110 Å². The molecule has 0 atom stereocenters. The molecule has 162 valence electrons. The third-order valence-electron chi connectivity index (χ3n) is 5.21. The van der Waals surface area contributed by atoms with Crippen LogP contribution in [0.4, 0.5) is 5.69 Å². The minimum absolute atomic E-state index is 0.176. The summed E-state index contributed by atoms with van der Waals surface area (Å²) in [6, 6.07) is 14.5. The first kappa shape index (κ1) is 19.7. The number of carbonyl (C=O) groups is 2. The zero-order valence-electron chi connectivity index (χ0n) is 17.2. The number of hydrogen-bond donors (Lipinski definition) is 0. The lowest BCUT2D eigenvalue weighted by molar-refractivity contribution is -0.135. The Bertz CT molecular complexity index is 1210. The summed E-state index contributed by atoms with van der Waals surface area (Å²) in [7, 11) is 1.66. The quantitative estimate of drug-likeness (QED) is 0.608. The Morgan fingerprint density at radius 3 is 2.75 bits per heavy atom. The number of nitrogens with zero attached hydrogens (tertiary/aromatic N) is 5. The van der Waals surface area contributed by atoms with Crippen LogP contribution < -0.4 is 14.4 Å². The molecular weight excluding hydrogens is 414 g/mol. The van der Waals surface area contributed by atoms with E-state index in [2.05, 4.69) is 15.2 Å². The molecule has 2 aliphatic heterocycles. The van der Waals surface area contributed by atoms with Crippen LogP contribution in [0, 0.1) is 0 Å². The van der Waals surface area contributed by atoms with Crippen LogP contribution in [-0.2, 0) is 9.59 Å². The van der Waals surface area contributed by atoms with E-state index in [0.29, 0.717) is 35.0 Å². The summed E-state index contributed by atoms with van der Waals surface area (Å²) in [6.45, 7) is -0.00792. The normalized spacial score (nSPS) is 15.0. The van der Waals surface area contributed by atoms with Crippen LogP contribution in [0.1, 0.15) is 18.7 Å². The lowest BCUT2D eigenvalue weighted by Crippen LogP contribution is -2.41. The summed E-state index contributed by atoms with van der Waals surface area (Å²) >= 11 is 0. The maximum Gasteiger partial charge on any atom is 0.274 e. The predicted octanol–water partition coefficient (Wildman–Crippen LogP) is 2.45. The van der Waals surface area contributed by atoms with Gasteiger partial charge in [0.1, 0.15) is 12.3 Å². The number of ether oxygens (including phenoxy) is 2. The third-order valence-corrected chi connectivity index (χ3v) is 5.21. The van der Waals surface area contributed by atoms with Crippen molar-refractivity contribution >= 4 is 23.2 Å². The number of hydrazone groups is 1. The van der Waals surface area contributed by atoms with E-state index >= 15 is 0 Å². The molecular formula is C22H19N5O5. The molecule has 3 heterocycles. The van der Waals surface area contributed by atoms with Crippen molar-refractivity contribution in [2.24, 2.45) is 5.10 Å². The highest BCUT2D eigenvalue weighted by atomic mass is 16.7. The van der Waals surface area contributed by atoms with Crippen LogP contribution >= 0.6 is 0 Å². The van der Waals surface area contributed by atoms with Crippen LogP contribution in [0.15, 0.2) is 58.2 Å². The first-order valence-electron chi connectivity index (χ1n) is 10.0. The minimum atomic E-state index is -0.263. The Labute approximate surface area is 183 Å². The number of benzene rings is 2. The van der Waals surface area contributed by atoms with Crippen LogP contribution in [0.2, 0.25) is 0 Å². The van der Waals surface area contributed by atoms with Gasteiger partial charge >= 0.3 is 0 Å². The van der Waals surface area contributed by atoms with Gasteiger partial charge in [-0.25, -0.2) is 5.01 Å². The van der Waals surface area contributed by atoms with Gasteiger partial charge in [0, 0.05) is 31.1 Å². The monoisotopic (exact) mass is 433 g/mol. The van der Waals surface area contributed by atoms with E-state index in [1.165, 1.54) is 4.90 Å². The molecule has 0 saturated heterocycles. The average molecular weight is 433 g/mol. The number of likely N-dealkylation sites (N-methyl/N-ethyl adjacent to an activating group) is 1. The average Bonchev–Trinajstić information content (AvgIpc) is 3.50. The molecule has 5 rings (SSSR count). The lowest BCUT2D eigenvalue weighted by atomic mass is 10.1. The molecule has 0 bridgehead atoms. The lowest BCUT2D eigenvalue weighted by Gasteiger charge is -2.24. The maximum absolute atomic E-state index is 12.7. The molecule has 0 fully saturated rings. The number of anilines is 1. The van der Waals surface area contributed by atoms with Gasteiger partial charge in [0.15, 0.2) is 11.5 Å². The largest absolute Gasteiger partial charge is 0.454 e. The van der Waals surface area contributed by atoms with Gasteiger partial charge in [-0.2, -0.15) is 10.1 Å². The molecule has 0 N–H and O–H groups in total. The fourth-order valence-electron chi connectivity index (χ4n) is 3.40. The molecule has 2 aromatic carbocycles. The molecule has 0 saturated carbocycles. The highest BCUT2D eigenvalue weighted by Gasteiger charge is 2.27. The Hall–Kier alpha value is -4.21. The molecule has 0 radical (unpaired) electrons. The van der Waals surface area contributed by atoms with E-state index in [0.717, 1.165) is 10.7 Å². The second-order valence-electron chi connectivity index (χ2n) is 7.28. The van der Waals surface area contributed by atoms with Crippen LogP contribution in [0.25, 0.3) is 11.4 Å². The molecule has 0 unspecified atom stereocenters. The number of amides is 2. The summed E-state index contributed by atoms with van der Waals surface area (Å²) in [5.74, 6) is 1.35. The summed E-state index contributed by atoms with van der Waals surface area (Å²) in [5, 5.41) is 9.50. The second-order valence-corrected chi connectivity index (χ2v) is 7.28. The van der Waals surface area contributed by atoms with Crippen molar-refractivity contribution in [2.45, 2.75) is 12.8 Å². The van der Waals surface area contributed by atoms with Crippen molar-refractivity contribution in [2.75, 3.05) is 25.3 Å². The van der Waals surface area contributed by atoms with Gasteiger partial charge in [0.05, 0.1) is 0 Å². The Balaban J connectivity index is 1.33. The molecule has 0 aliphatic carbocycles. The number of hydrogen-bond acceptors (Lipinski definition) is 8. The fraction of sp³-hybridized carbons (Fsp3) is 0.227. The van der Waals surface area contributed by atoms with Crippen molar-refractivity contribution in [3.8, 4) is 22.9 Å². The number of para-hydroxylation sites is 1. The number of aromatic nitrogens is 2. The molecule has 2 amide bonds. The van der Waals surface area contributed by atoms with Gasteiger partial charge in [-0.3, -0.25) is 9.59 Å². The standard InChI is InChI=1S/C22H19N5O5/c1-26(15-5-3-2-4-6-15)20(29)12-27-19(28)10-8-16(24-27)22-23-21(25-32-22)14-7-9-17-18(11-14)31-13-30-17/h2-7,9,11H,8,10,12-13H2,1H3. The maximum atomic E-state index is 12.7. The second kappa shape index (κ2) is 8.14. The summed E-state index contributed by atoms with van der Waals surface area (Å²) in [6.07, 6.45) is 0.545. The molecule has 1 aromatic heterocycles. The van der Waals surface area contributed by atoms with E-state index < -0.39 is 0 Å². The van der Waals surface area contributed by atoms with Gasteiger partial charge < -0.3 is 18.9 Å². The van der Waals surface area contributed by atoms with E-state index in [-0.39, 0.29) is 37.5 Å². The summed E-state index contributed by atoms with van der Waals surface area (Å²) < 4.78 is 16.1. The van der Waals surface area contributed by atoms with Crippen molar-refractivity contribution in [3.05, 3.63) is 54.4 Å². The Morgan fingerprint density at radius 2 is 1.91 bits per heavy atom. The number of rotatable bonds is 5. The molecule has 10 heteroatoms. The van der Waals surface area contributed by atoms with Crippen molar-refractivity contribution in [1.29, 1.82) is 0 Å². The Morgan fingerprint density at radius 1 is 1.09 bits per heavy atom. The van der Waals surface area contributed by atoms with Crippen LogP contribution in [0.5, 0.6) is 11.5 Å². The molecule has 3 aromatic rings. The zero-order chi connectivity index (χ0) is 22.1. The predicted molar refractivity (Wildman–Crippen MR) is 113 cm³/mol. The smallest absolute Gasteiger partial charge is 0.274 e. The van der Waals surface area contributed by atoms with Gasteiger partial charge in [-0.1, -0.05) is 23.4 Å². The first-order chi connectivity index (χ1) is 15.6. The van der Waals surface area contributed by atoms with E-state index in [9.17, 15) is 9.59 Å². The number of fused-ring (bicyclic) bond motifs is 1. The van der Waals surface area contributed by atoms with Crippen LogP contribution in [0.3, 0.4) is 0 Å².